The first-order valence-corrected chi connectivity index (χ1v) is 7.93. The number of nitrogens with zero attached hydrogens (tertiary/aromatic N) is 1. The number of likely N-dealkylation sites (N-methyl/N-ethyl adjacent to an activating group) is 1. The zero-order valence-electron chi connectivity index (χ0n) is 10.1. The smallest absolute Gasteiger partial charge is 0.0900 e. The fourth-order valence-electron chi connectivity index (χ4n) is 1.85. The van der Waals surface area contributed by atoms with Crippen LogP contribution in [0.1, 0.15) is 26.5 Å². The molecule has 2 aromatic heterocycles. The number of rotatable bonds is 4. The molecule has 0 radical (unpaired) electrons. The Morgan fingerprint density at radius 1 is 1.47 bits per heavy atom. The number of thiazole rings is 1. The average Bonchev–Trinajstić information content (AvgIpc) is 2.82. The van der Waals surface area contributed by atoms with Gasteiger partial charge in [-0.2, -0.15) is 0 Å². The third-order valence-corrected chi connectivity index (χ3v) is 5.82. The van der Waals surface area contributed by atoms with Crippen LogP contribution in [0.5, 0.6) is 0 Å². The average molecular weight is 331 g/mol. The summed E-state index contributed by atoms with van der Waals surface area (Å²) in [5.41, 5.74) is 1.15. The molecule has 0 saturated carbocycles. The quantitative estimate of drug-likeness (QED) is 0.913. The highest BCUT2D eigenvalue weighted by atomic mass is 79.9. The number of aromatic nitrogens is 1. The highest BCUT2D eigenvalue weighted by Crippen LogP contribution is 2.31. The molecule has 0 fully saturated rings. The molecule has 1 unspecified atom stereocenters. The lowest BCUT2D eigenvalue weighted by Gasteiger charge is -2.14. The third-order valence-electron chi connectivity index (χ3n) is 2.68. The topological polar surface area (TPSA) is 24.9 Å². The van der Waals surface area contributed by atoms with Crippen molar-refractivity contribution >= 4 is 38.6 Å². The Labute approximate surface area is 118 Å². The number of thiophene rings is 1. The Morgan fingerprint density at radius 3 is 2.71 bits per heavy atom. The highest BCUT2D eigenvalue weighted by Gasteiger charge is 2.17. The van der Waals surface area contributed by atoms with Crippen LogP contribution in [0.25, 0.3) is 0 Å². The van der Waals surface area contributed by atoms with Crippen LogP contribution in [0.4, 0.5) is 0 Å². The van der Waals surface area contributed by atoms with Crippen molar-refractivity contribution in [1.82, 2.24) is 10.3 Å². The molecule has 5 heteroatoms. The van der Waals surface area contributed by atoms with Crippen molar-refractivity contribution in [2.24, 2.45) is 0 Å². The van der Waals surface area contributed by atoms with Gasteiger partial charge in [-0.15, -0.1) is 22.7 Å². The Morgan fingerprint density at radius 2 is 2.24 bits per heavy atom. The Balaban J connectivity index is 2.23. The maximum absolute atomic E-state index is 4.50. The van der Waals surface area contributed by atoms with Gasteiger partial charge in [0.15, 0.2) is 0 Å². The molecular formula is C12H15BrN2S2. The van der Waals surface area contributed by atoms with Gasteiger partial charge in [-0.1, -0.05) is 0 Å². The van der Waals surface area contributed by atoms with Gasteiger partial charge in [-0.3, -0.25) is 0 Å². The number of hydrogen-bond acceptors (Lipinski definition) is 4. The van der Waals surface area contributed by atoms with Crippen LogP contribution in [0.2, 0.25) is 0 Å². The molecule has 2 nitrogen and oxygen atoms in total. The van der Waals surface area contributed by atoms with E-state index in [2.05, 4.69) is 51.5 Å². The maximum Gasteiger partial charge on any atom is 0.0900 e. The zero-order chi connectivity index (χ0) is 12.4. The van der Waals surface area contributed by atoms with E-state index in [1.54, 1.807) is 22.7 Å². The van der Waals surface area contributed by atoms with Crippen molar-refractivity contribution in [1.29, 1.82) is 0 Å². The van der Waals surface area contributed by atoms with Crippen LogP contribution in [0, 0.1) is 13.8 Å². The van der Waals surface area contributed by atoms with Crippen LogP contribution in [0.3, 0.4) is 0 Å². The molecule has 0 aliphatic rings. The lowest BCUT2D eigenvalue weighted by molar-refractivity contribution is 0.601. The van der Waals surface area contributed by atoms with Crippen molar-refractivity contribution in [2.75, 3.05) is 7.05 Å². The zero-order valence-corrected chi connectivity index (χ0v) is 13.3. The molecule has 2 heterocycles. The van der Waals surface area contributed by atoms with E-state index >= 15 is 0 Å². The Bertz CT molecular complexity index is 504. The predicted molar refractivity (Wildman–Crippen MR) is 79.1 cm³/mol. The second kappa shape index (κ2) is 5.61. The van der Waals surface area contributed by atoms with Crippen LogP contribution in [-0.4, -0.2) is 12.0 Å². The highest BCUT2D eigenvalue weighted by molar-refractivity contribution is 9.10. The first kappa shape index (κ1) is 13.2. The molecule has 0 aromatic carbocycles. The van der Waals surface area contributed by atoms with E-state index in [-0.39, 0.29) is 0 Å². The largest absolute Gasteiger partial charge is 0.312 e. The van der Waals surface area contributed by atoms with Gasteiger partial charge < -0.3 is 5.32 Å². The number of aryl methyl sites for hydroxylation is 2. The molecule has 92 valence electrons. The minimum absolute atomic E-state index is 0.358. The van der Waals surface area contributed by atoms with Crippen LogP contribution in [-0.2, 0) is 6.42 Å². The van der Waals surface area contributed by atoms with Gasteiger partial charge >= 0.3 is 0 Å². The van der Waals surface area contributed by atoms with E-state index in [0.717, 1.165) is 17.1 Å². The van der Waals surface area contributed by atoms with Gasteiger partial charge in [0.05, 0.1) is 10.7 Å². The molecule has 0 aliphatic heterocycles. The number of hydrogen-bond donors (Lipinski definition) is 1. The molecule has 0 aliphatic carbocycles. The van der Waals surface area contributed by atoms with Crippen LogP contribution >= 0.6 is 38.6 Å². The second-order valence-corrected chi connectivity index (χ2v) is 7.01. The summed E-state index contributed by atoms with van der Waals surface area (Å²) in [5.74, 6) is 0. The van der Waals surface area contributed by atoms with Crippen LogP contribution < -0.4 is 5.32 Å². The summed E-state index contributed by atoms with van der Waals surface area (Å²) in [5, 5.41) is 6.66. The SMILES string of the molecule is CNC(Cc1sccc1Br)c1sc(C)nc1C. The minimum Gasteiger partial charge on any atom is -0.312 e. The number of nitrogens with one attached hydrogen (secondary N) is 1. The monoisotopic (exact) mass is 330 g/mol. The molecule has 2 aromatic rings. The summed E-state index contributed by atoms with van der Waals surface area (Å²) in [4.78, 5) is 7.24. The van der Waals surface area contributed by atoms with Crippen molar-refractivity contribution in [3.63, 3.8) is 0 Å². The molecule has 0 bridgehead atoms. The summed E-state index contributed by atoms with van der Waals surface area (Å²) in [6.45, 7) is 4.15. The summed E-state index contributed by atoms with van der Waals surface area (Å²) in [6.07, 6.45) is 1.01. The summed E-state index contributed by atoms with van der Waals surface area (Å²) >= 11 is 7.18. The first-order valence-electron chi connectivity index (χ1n) is 5.45. The molecule has 1 N–H and O–H groups in total. The van der Waals surface area contributed by atoms with Gasteiger partial charge in [0.25, 0.3) is 0 Å². The summed E-state index contributed by atoms with van der Waals surface area (Å²) in [7, 11) is 2.01. The van der Waals surface area contributed by atoms with E-state index in [0.29, 0.717) is 6.04 Å². The lowest BCUT2D eigenvalue weighted by atomic mass is 10.1. The van der Waals surface area contributed by atoms with Crippen molar-refractivity contribution < 1.29 is 0 Å². The third kappa shape index (κ3) is 2.96. The van der Waals surface area contributed by atoms with E-state index in [1.165, 1.54) is 14.2 Å². The van der Waals surface area contributed by atoms with E-state index < -0.39 is 0 Å². The maximum atomic E-state index is 4.50. The van der Waals surface area contributed by atoms with E-state index in [1.807, 2.05) is 7.05 Å². The minimum atomic E-state index is 0.358. The van der Waals surface area contributed by atoms with Gasteiger partial charge in [0.2, 0.25) is 0 Å². The molecule has 0 amide bonds. The molecular weight excluding hydrogens is 316 g/mol. The Kier molecular flexibility index (Phi) is 4.36. The van der Waals surface area contributed by atoms with Gasteiger partial charge in [-0.25, -0.2) is 4.98 Å². The Hall–Kier alpha value is -0.230. The van der Waals surface area contributed by atoms with E-state index in [9.17, 15) is 0 Å². The van der Waals surface area contributed by atoms with Gasteiger partial charge in [0, 0.05) is 26.7 Å². The van der Waals surface area contributed by atoms with Crippen molar-refractivity contribution in [3.05, 3.63) is 36.4 Å². The number of halogens is 1. The molecule has 0 spiro atoms. The van der Waals surface area contributed by atoms with E-state index in [4.69, 9.17) is 0 Å². The fourth-order valence-corrected chi connectivity index (χ4v) is 4.45. The summed E-state index contributed by atoms with van der Waals surface area (Å²) < 4.78 is 1.21. The molecule has 17 heavy (non-hydrogen) atoms. The van der Waals surface area contributed by atoms with Gasteiger partial charge in [0.1, 0.15) is 0 Å². The molecule has 2 rings (SSSR count). The standard InChI is InChI=1S/C12H15BrN2S2/c1-7-12(17-8(2)15-7)10(14-3)6-11-9(13)4-5-16-11/h4-5,10,14H,6H2,1-3H3. The molecule has 0 saturated heterocycles. The lowest BCUT2D eigenvalue weighted by Crippen LogP contribution is -2.18. The van der Waals surface area contributed by atoms with Crippen molar-refractivity contribution in [3.8, 4) is 0 Å². The van der Waals surface area contributed by atoms with Crippen molar-refractivity contribution in [2.45, 2.75) is 26.3 Å². The fraction of sp³-hybridized carbons (Fsp3) is 0.417. The summed E-state index contributed by atoms with van der Waals surface area (Å²) in [6, 6.07) is 2.47. The second-order valence-electron chi connectivity index (χ2n) is 3.92. The molecule has 1 atom stereocenters. The van der Waals surface area contributed by atoms with Crippen LogP contribution in [0.15, 0.2) is 15.9 Å². The first-order chi connectivity index (χ1) is 8.11. The predicted octanol–water partition coefficient (Wildman–Crippen LogP) is 4.09. The normalized spacial score (nSPS) is 12.9. The van der Waals surface area contributed by atoms with Gasteiger partial charge in [-0.05, 0) is 48.3 Å².